The van der Waals surface area contributed by atoms with Gasteiger partial charge < -0.3 is 0 Å². The molecule has 0 amide bonds. The zero-order chi connectivity index (χ0) is 4.41. The van der Waals surface area contributed by atoms with Crippen LogP contribution in [0.4, 0.5) is 0 Å². The van der Waals surface area contributed by atoms with E-state index >= 15 is 0 Å². The number of aliphatic imine (C=N–C) groups is 1. The Labute approximate surface area is 40.8 Å². The fourth-order valence-electron chi connectivity index (χ4n) is 0.316. The number of hydrogen-bond donors (Lipinski definition) is 0. The number of hydrogen-bond acceptors (Lipinski definition) is 2. The Bertz CT molecular complexity index is 71.2. The van der Waals surface area contributed by atoms with Crippen molar-refractivity contribution in [1.82, 2.24) is 5.73 Å². The van der Waals surface area contributed by atoms with Crippen molar-refractivity contribution in [2.75, 3.05) is 5.75 Å². The van der Waals surface area contributed by atoms with Crippen LogP contribution in [0.15, 0.2) is 4.99 Å². The molecular formula is C3H5N2S. The average molecular weight is 101 g/mol. The van der Waals surface area contributed by atoms with Crippen LogP contribution in [-0.2, 0) is 0 Å². The van der Waals surface area contributed by atoms with Gasteiger partial charge in [-0.15, -0.1) is 11.8 Å². The molecule has 2 nitrogen and oxygen atoms in total. The minimum absolute atomic E-state index is 0.218. The highest BCUT2D eigenvalue weighted by Crippen LogP contribution is 2.10. The molecule has 1 heterocycles. The molecule has 1 aliphatic rings. The molecule has 33 valence electrons. The van der Waals surface area contributed by atoms with Crippen LogP contribution in [-0.4, -0.2) is 17.5 Å². The molecule has 0 saturated carbocycles. The van der Waals surface area contributed by atoms with Crippen molar-refractivity contribution < 1.29 is 0 Å². The second-order valence-electron chi connectivity index (χ2n) is 1.02. The third kappa shape index (κ3) is 0.725. The summed E-state index contributed by atoms with van der Waals surface area (Å²) in [6.45, 7) is 0. The summed E-state index contributed by atoms with van der Waals surface area (Å²) in [7, 11) is 0. The monoisotopic (exact) mass is 101 g/mol. The molecule has 1 rings (SSSR count). The first kappa shape index (κ1) is 4.15. The average Bonchev–Trinajstić information content (AvgIpc) is 1.86. The maximum atomic E-state index is 6.90. The molecule has 0 fully saturated rings. The SMILES string of the molecule is [NH]C1N=CCS1. The van der Waals surface area contributed by atoms with Crippen LogP contribution >= 0.6 is 11.8 Å². The van der Waals surface area contributed by atoms with Crippen molar-refractivity contribution in [1.29, 1.82) is 0 Å². The van der Waals surface area contributed by atoms with Crippen molar-refractivity contribution in [2.45, 2.75) is 5.50 Å². The summed E-state index contributed by atoms with van der Waals surface area (Å²) in [5.74, 6) is 0.925. The number of nitrogens with one attached hydrogen (secondary N) is 1. The maximum absolute atomic E-state index is 6.90. The minimum Gasteiger partial charge on any atom is -0.266 e. The predicted molar refractivity (Wildman–Crippen MR) is 27.8 cm³/mol. The summed E-state index contributed by atoms with van der Waals surface area (Å²) < 4.78 is 0. The lowest BCUT2D eigenvalue weighted by Crippen LogP contribution is -1.90. The van der Waals surface area contributed by atoms with Gasteiger partial charge in [0.25, 0.3) is 0 Å². The Kier molecular flexibility index (Phi) is 1.12. The van der Waals surface area contributed by atoms with E-state index in [9.17, 15) is 0 Å². The quantitative estimate of drug-likeness (QED) is 0.434. The zero-order valence-electron chi connectivity index (χ0n) is 3.22. The van der Waals surface area contributed by atoms with Gasteiger partial charge in [0.15, 0.2) is 5.50 Å². The van der Waals surface area contributed by atoms with E-state index in [1.807, 2.05) is 0 Å². The maximum Gasteiger partial charge on any atom is 0.159 e. The van der Waals surface area contributed by atoms with Crippen molar-refractivity contribution in [3.63, 3.8) is 0 Å². The first-order chi connectivity index (χ1) is 2.89. The summed E-state index contributed by atoms with van der Waals surface area (Å²) in [5, 5.41) is 0. The van der Waals surface area contributed by atoms with Gasteiger partial charge in [0, 0.05) is 12.0 Å². The smallest absolute Gasteiger partial charge is 0.159 e. The molecular weight excluding hydrogens is 96.1 g/mol. The van der Waals surface area contributed by atoms with Crippen LogP contribution in [0.2, 0.25) is 0 Å². The van der Waals surface area contributed by atoms with Crippen molar-refractivity contribution in [2.24, 2.45) is 4.99 Å². The minimum atomic E-state index is -0.218. The lowest BCUT2D eigenvalue weighted by Gasteiger charge is -1.87. The second kappa shape index (κ2) is 1.62. The summed E-state index contributed by atoms with van der Waals surface area (Å²) in [4.78, 5) is 3.74. The van der Waals surface area contributed by atoms with Gasteiger partial charge in [-0.3, -0.25) is 4.99 Å². The van der Waals surface area contributed by atoms with Gasteiger partial charge in [-0.05, 0) is 0 Å². The Morgan fingerprint density at radius 3 is 3.00 bits per heavy atom. The molecule has 1 atom stereocenters. The lowest BCUT2D eigenvalue weighted by atomic mass is 10.9. The van der Waals surface area contributed by atoms with E-state index in [0.717, 1.165) is 5.75 Å². The topological polar surface area (TPSA) is 36.2 Å². The van der Waals surface area contributed by atoms with E-state index < -0.39 is 0 Å². The summed E-state index contributed by atoms with van der Waals surface area (Å²) in [6.07, 6.45) is 1.78. The van der Waals surface area contributed by atoms with Gasteiger partial charge in [0.1, 0.15) is 0 Å². The Morgan fingerprint density at radius 2 is 2.83 bits per heavy atom. The summed E-state index contributed by atoms with van der Waals surface area (Å²) in [5.41, 5.74) is 6.68. The van der Waals surface area contributed by atoms with E-state index in [4.69, 9.17) is 5.73 Å². The first-order valence-electron chi connectivity index (χ1n) is 1.74. The molecule has 0 aromatic heterocycles. The van der Waals surface area contributed by atoms with Crippen LogP contribution in [0.25, 0.3) is 0 Å². The Hall–Kier alpha value is -0.0200. The normalized spacial score (nSPS) is 31.8. The molecule has 1 unspecified atom stereocenters. The Morgan fingerprint density at radius 1 is 2.00 bits per heavy atom. The third-order valence-electron chi connectivity index (χ3n) is 0.569. The first-order valence-corrected chi connectivity index (χ1v) is 2.79. The third-order valence-corrected chi connectivity index (χ3v) is 1.35. The molecule has 1 aliphatic heterocycles. The molecule has 0 saturated heterocycles. The van der Waals surface area contributed by atoms with Gasteiger partial charge in [-0.25, -0.2) is 5.73 Å². The van der Waals surface area contributed by atoms with Gasteiger partial charge in [0.2, 0.25) is 0 Å². The van der Waals surface area contributed by atoms with E-state index in [1.165, 1.54) is 0 Å². The molecule has 1 radical (unpaired) electrons. The van der Waals surface area contributed by atoms with E-state index in [0.29, 0.717) is 0 Å². The molecule has 1 N–H and O–H groups in total. The predicted octanol–water partition coefficient (Wildman–Crippen LogP) is 0.370. The van der Waals surface area contributed by atoms with Gasteiger partial charge >= 0.3 is 0 Å². The highest BCUT2D eigenvalue weighted by molar-refractivity contribution is 8.00. The second-order valence-corrected chi connectivity index (χ2v) is 2.13. The van der Waals surface area contributed by atoms with Gasteiger partial charge in [-0.2, -0.15) is 0 Å². The fraction of sp³-hybridized carbons (Fsp3) is 0.667. The Balaban J connectivity index is 2.38. The largest absolute Gasteiger partial charge is 0.266 e. The number of rotatable bonds is 0. The fourth-order valence-corrected chi connectivity index (χ4v) is 0.843. The molecule has 0 aromatic rings. The molecule has 0 aliphatic carbocycles. The van der Waals surface area contributed by atoms with Crippen LogP contribution < -0.4 is 5.73 Å². The van der Waals surface area contributed by atoms with Crippen molar-refractivity contribution in [3.05, 3.63) is 0 Å². The van der Waals surface area contributed by atoms with E-state index in [1.54, 1.807) is 18.0 Å². The summed E-state index contributed by atoms with van der Waals surface area (Å²) >= 11 is 1.54. The lowest BCUT2D eigenvalue weighted by molar-refractivity contribution is 0.971. The van der Waals surface area contributed by atoms with Crippen molar-refractivity contribution >= 4 is 18.0 Å². The molecule has 0 spiro atoms. The van der Waals surface area contributed by atoms with E-state index in [-0.39, 0.29) is 5.50 Å². The summed E-state index contributed by atoms with van der Waals surface area (Å²) in [6, 6.07) is 0. The standard InChI is InChI=1S/C3H5N2S/c4-3-5-1-2-6-3/h1,3-4H,2H2. The molecule has 0 bridgehead atoms. The molecule has 3 heteroatoms. The van der Waals surface area contributed by atoms with Crippen LogP contribution in [0, 0.1) is 0 Å². The van der Waals surface area contributed by atoms with E-state index in [2.05, 4.69) is 4.99 Å². The van der Waals surface area contributed by atoms with Crippen LogP contribution in [0.5, 0.6) is 0 Å². The van der Waals surface area contributed by atoms with Crippen LogP contribution in [0.3, 0.4) is 0 Å². The highest BCUT2D eigenvalue weighted by atomic mass is 32.2. The van der Waals surface area contributed by atoms with Gasteiger partial charge in [-0.1, -0.05) is 0 Å². The number of nitrogens with zero attached hydrogens (tertiary/aromatic N) is 1. The number of thioether (sulfide) groups is 1. The zero-order valence-corrected chi connectivity index (χ0v) is 4.03. The molecule has 6 heavy (non-hydrogen) atoms. The van der Waals surface area contributed by atoms with Gasteiger partial charge in [0.05, 0.1) is 0 Å². The van der Waals surface area contributed by atoms with Crippen molar-refractivity contribution in [3.8, 4) is 0 Å². The van der Waals surface area contributed by atoms with Crippen LogP contribution in [0.1, 0.15) is 0 Å². The highest BCUT2D eigenvalue weighted by Gasteiger charge is 2.01. The molecule has 0 aromatic carbocycles.